The van der Waals surface area contributed by atoms with E-state index >= 15 is 0 Å². The van der Waals surface area contributed by atoms with Gasteiger partial charge in [0.25, 0.3) is 0 Å². The van der Waals surface area contributed by atoms with Crippen LogP contribution in [0, 0.1) is 5.82 Å². The predicted molar refractivity (Wildman–Crippen MR) is 50.7 cm³/mol. The fraction of sp³-hybridized carbons (Fsp3) is 0.444. The summed E-state index contributed by atoms with van der Waals surface area (Å²) in [5, 5.41) is 0. The molecule has 5 heteroatoms. The predicted octanol–water partition coefficient (Wildman–Crippen LogP) is 0.760. The van der Waals surface area contributed by atoms with Crippen LogP contribution >= 0.6 is 0 Å². The first-order valence-electron chi connectivity index (χ1n) is 4.29. The molecule has 0 aliphatic heterocycles. The number of nitrogens with two attached hydrogens (primary N) is 1. The number of nitrogens with one attached hydrogen (secondary N) is 1. The average Bonchev–Trinajstić information content (AvgIpc) is 2.21. The first kappa shape index (κ1) is 11.0. The highest BCUT2D eigenvalue weighted by Gasteiger charge is 2.20. The summed E-state index contributed by atoms with van der Waals surface area (Å²) in [5.74, 6) is 4.94. The van der Waals surface area contributed by atoms with Crippen molar-refractivity contribution in [2.75, 3.05) is 7.11 Å². The maximum atomic E-state index is 13.3. The molecule has 1 rings (SSSR count). The molecular formula is C9H14FN3O. The van der Waals surface area contributed by atoms with E-state index in [-0.39, 0.29) is 18.0 Å². The van der Waals surface area contributed by atoms with Crippen molar-refractivity contribution in [3.05, 3.63) is 29.8 Å². The second-order valence-corrected chi connectivity index (χ2v) is 2.98. The van der Waals surface area contributed by atoms with E-state index in [0.717, 1.165) is 6.20 Å². The van der Waals surface area contributed by atoms with Crippen molar-refractivity contribution in [3.63, 3.8) is 0 Å². The average molecular weight is 199 g/mol. The number of hydrogen-bond acceptors (Lipinski definition) is 4. The molecule has 4 nitrogen and oxygen atoms in total. The van der Waals surface area contributed by atoms with Crippen LogP contribution in [-0.2, 0) is 4.74 Å². The Balaban J connectivity index is 2.94. The Kier molecular flexibility index (Phi) is 3.94. The molecule has 0 aromatic carbocycles. The van der Waals surface area contributed by atoms with Gasteiger partial charge in [0, 0.05) is 18.9 Å². The highest BCUT2D eigenvalue weighted by Crippen LogP contribution is 2.19. The van der Waals surface area contributed by atoms with Gasteiger partial charge in [-0.1, -0.05) is 0 Å². The standard InChI is InChI=1S/C9H14FN3O/c1-6(14-2)9(13-11)7-3-4-12-5-8(7)10/h3-6,9,13H,11H2,1-2H3. The van der Waals surface area contributed by atoms with Crippen molar-refractivity contribution in [2.45, 2.75) is 19.1 Å². The zero-order valence-electron chi connectivity index (χ0n) is 8.20. The first-order valence-corrected chi connectivity index (χ1v) is 4.29. The van der Waals surface area contributed by atoms with E-state index in [4.69, 9.17) is 10.6 Å². The normalized spacial score (nSPS) is 15.1. The molecule has 2 unspecified atom stereocenters. The lowest BCUT2D eigenvalue weighted by molar-refractivity contribution is 0.0818. The quantitative estimate of drug-likeness (QED) is 0.555. The van der Waals surface area contributed by atoms with Crippen molar-refractivity contribution in [3.8, 4) is 0 Å². The Morgan fingerprint density at radius 3 is 2.86 bits per heavy atom. The molecule has 1 aromatic heterocycles. The van der Waals surface area contributed by atoms with Gasteiger partial charge in [-0.15, -0.1) is 0 Å². The smallest absolute Gasteiger partial charge is 0.146 e. The topological polar surface area (TPSA) is 60.2 Å². The van der Waals surface area contributed by atoms with Crippen LogP contribution in [-0.4, -0.2) is 18.2 Å². The number of rotatable bonds is 4. The lowest BCUT2D eigenvalue weighted by Crippen LogP contribution is -2.36. The number of methoxy groups -OCH3 is 1. The number of aromatic nitrogens is 1. The van der Waals surface area contributed by atoms with Gasteiger partial charge in [-0.2, -0.15) is 0 Å². The number of hydrazine groups is 1. The van der Waals surface area contributed by atoms with Crippen molar-refractivity contribution in [1.29, 1.82) is 0 Å². The van der Waals surface area contributed by atoms with E-state index in [1.54, 1.807) is 13.2 Å². The molecule has 0 bridgehead atoms. The van der Waals surface area contributed by atoms with E-state index in [1.807, 2.05) is 6.92 Å². The molecule has 1 heterocycles. The van der Waals surface area contributed by atoms with E-state index < -0.39 is 0 Å². The maximum Gasteiger partial charge on any atom is 0.146 e. The van der Waals surface area contributed by atoms with Crippen LogP contribution in [0.1, 0.15) is 18.5 Å². The molecule has 0 saturated carbocycles. The first-order chi connectivity index (χ1) is 6.70. The van der Waals surface area contributed by atoms with E-state index in [0.29, 0.717) is 5.56 Å². The van der Waals surface area contributed by atoms with Crippen LogP contribution < -0.4 is 11.3 Å². The molecule has 0 amide bonds. The van der Waals surface area contributed by atoms with Gasteiger partial charge < -0.3 is 4.74 Å². The van der Waals surface area contributed by atoms with Gasteiger partial charge >= 0.3 is 0 Å². The van der Waals surface area contributed by atoms with Crippen LogP contribution in [0.15, 0.2) is 18.5 Å². The minimum absolute atomic E-state index is 0.211. The fourth-order valence-corrected chi connectivity index (χ4v) is 1.25. The van der Waals surface area contributed by atoms with Gasteiger partial charge in [-0.25, -0.2) is 4.39 Å². The summed E-state index contributed by atoms with van der Waals surface area (Å²) in [5.41, 5.74) is 2.97. The van der Waals surface area contributed by atoms with Crippen molar-refractivity contribution >= 4 is 0 Å². The molecular weight excluding hydrogens is 185 g/mol. The summed E-state index contributed by atoms with van der Waals surface area (Å²) in [6, 6.07) is 1.21. The molecule has 14 heavy (non-hydrogen) atoms. The van der Waals surface area contributed by atoms with Gasteiger partial charge in [-0.3, -0.25) is 16.3 Å². The molecule has 0 saturated heterocycles. The summed E-state index contributed by atoms with van der Waals surface area (Å²) in [6.07, 6.45) is 2.46. The number of hydrogen-bond donors (Lipinski definition) is 2. The van der Waals surface area contributed by atoms with Crippen LogP contribution in [0.3, 0.4) is 0 Å². The Hall–Kier alpha value is -1.04. The van der Waals surface area contributed by atoms with Gasteiger partial charge in [-0.05, 0) is 13.0 Å². The third-order valence-electron chi connectivity index (χ3n) is 2.16. The van der Waals surface area contributed by atoms with Crippen LogP contribution in [0.5, 0.6) is 0 Å². The van der Waals surface area contributed by atoms with Gasteiger partial charge in [0.2, 0.25) is 0 Å². The van der Waals surface area contributed by atoms with Crippen LogP contribution in [0.25, 0.3) is 0 Å². The number of nitrogens with zero attached hydrogens (tertiary/aromatic N) is 1. The lowest BCUT2D eigenvalue weighted by atomic mass is 10.0. The van der Waals surface area contributed by atoms with E-state index in [9.17, 15) is 4.39 Å². The SMILES string of the molecule is COC(C)C(NN)c1ccncc1F. The summed E-state index contributed by atoms with van der Waals surface area (Å²) in [7, 11) is 1.55. The van der Waals surface area contributed by atoms with Crippen molar-refractivity contribution in [1.82, 2.24) is 10.4 Å². The Morgan fingerprint density at radius 1 is 1.64 bits per heavy atom. The molecule has 0 radical (unpaired) electrons. The van der Waals surface area contributed by atoms with Gasteiger partial charge in [0.15, 0.2) is 0 Å². The Labute approximate surface area is 82.2 Å². The molecule has 0 fully saturated rings. The van der Waals surface area contributed by atoms with Crippen molar-refractivity contribution in [2.24, 2.45) is 5.84 Å². The second kappa shape index (κ2) is 4.99. The number of ether oxygens (including phenoxy) is 1. The number of pyridine rings is 1. The number of halogens is 1. The molecule has 2 atom stereocenters. The minimum atomic E-state index is -0.389. The molecule has 1 aromatic rings. The maximum absolute atomic E-state index is 13.3. The summed E-state index contributed by atoms with van der Waals surface area (Å²) < 4.78 is 18.4. The summed E-state index contributed by atoms with van der Waals surface area (Å²) in [6.45, 7) is 1.81. The van der Waals surface area contributed by atoms with Gasteiger partial charge in [0.1, 0.15) is 5.82 Å². The largest absolute Gasteiger partial charge is 0.380 e. The zero-order valence-corrected chi connectivity index (χ0v) is 8.20. The Bertz CT molecular complexity index is 295. The summed E-state index contributed by atoms with van der Waals surface area (Å²) in [4.78, 5) is 3.66. The van der Waals surface area contributed by atoms with E-state index in [1.165, 1.54) is 6.20 Å². The van der Waals surface area contributed by atoms with Crippen LogP contribution in [0.2, 0.25) is 0 Å². The lowest BCUT2D eigenvalue weighted by Gasteiger charge is -2.22. The fourth-order valence-electron chi connectivity index (χ4n) is 1.25. The highest BCUT2D eigenvalue weighted by molar-refractivity contribution is 5.18. The summed E-state index contributed by atoms with van der Waals surface area (Å²) >= 11 is 0. The van der Waals surface area contributed by atoms with Crippen LogP contribution in [0.4, 0.5) is 4.39 Å². The monoisotopic (exact) mass is 199 g/mol. The highest BCUT2D eigenvalue weighted by atomic mass is 19.1. The molecule has 78 valence electrons. The Morgan fingerprint density at radius 2 is 2.36 bits per heavy atom. The van der Waals surface area contributed by atoms with E-state index in [2.05, 4.69) is 10.4 Å². The molecule has 3 N–H and O–H groups in total. The van der Waals surface area contributed by atoms with Crippen molar-refractivity contribution < 1.29 is 9.13 Å². The van der Waals surface area contributed by atoms with Gasteiger partial charge in [0.05, 0.1) is 18.3 Å². The molecule has 0 aliphatic carbocycles. The zero-order chi connectivity index (χ0) is 10.6. The third-order valence-corrected chi connectivity index (χ3v) is 2.16. The minimum Gasteiger partial charge on any atom is -0.380 e. The molecule has 0 spiro atoms. The second-order valence-electron chi connectivity index (χ2n) is 2.98. The molecule has 0 aliphatic rings. The third kappa shape index (κ3) is 2.25.